The van der Waals surface area contributed by atoms with E-state index in [4.69, 9.17) is 4.74 Å². The van der Waals surface area contributed by atoms with Gasteiger partial charge in [0.1, 0.15) is 12.4 Å². The van der Waals surface area contributed by atoms with Gasteiger partial charge in [-0.3, -0.25) is 10.1 Å². The minimum atomic E-state index is -3.40. The summed E-state index contributed by atoms with van der Waals surface area (Å²) in [6, 6.07) is 2.78. The fraction of sp³-hybridized carbons (Fsp3) is 0.500. The quantitative estimate of drug-likeness (QED) is 0.615. The molecule has 1 aromatic carbocycles. The molecule has 0 aliphatic carbocycles. The number of ether oxygens (including phenoxy) is 1. The van der Waals surface area contributed by atoms with Crippen molar-refractivity contribution in [3.8, 4) is 5.75 Å². The number of benzene rings is 1. The number of hydrogen-bond acceptors (Lipinski definition) is 5. The van der Waals surface area contributed by atoms with Gasteiger partial charge in [-0.05, 0) is 26.8 Å². The summed E-state index contributed by atoms with van der Waals surface area (Å²) >= 11 is 0. The second-order valence-electron chi connectivity index (χ2n) is 5.15. The zero-order valence-electron chi connectivity index (χ0n) is 11.4. The van der Waals surface area contributed by atoms with Crippen LogP contribution in [0.3, 0.4) is 0 Å². The maximum absolute atomic E-state index is 13.0. The summed E-state index contributed by atoms with van der Waals surface area (Å²) in [6.45, 7) is 4.37. The highest BCUT2D eigenvalue weighted by atomic mass is 32.2. The van der Waals surface area contributed by atoms with Crippen LogP contribution in [0.1, 0.15) is 20.8 Å². The molecule has 20 heavy (non-hydrogen) atoms. The molecule has 0 N–H and O–H groups in total. The normalized spacial score (nSPS) is 12.2. The van der Waals surface area contributed by atoms with Crippen LogP contribution in [0.4, 0.5) is 10.1 Å². The molecule has 0 bridgehead atoms. The van der Waals surface area contributed by atoms with E-state index < -0.39 is 31.0 Å². The monoisotopic (exact) mass is 305 g/mol. The van der Waals surface area contributed by atoms with Crippen LogP contribution in [-0.4, -0.2) is 30.4 Å². The fourth-order valence-corrected chi connectivity index (χ4v) is 2.24. The first-order valence-electron chi connectivity index (χ1n) is 5.83. The van der Waals surface area contributed by atoms with Crippen molar-refractivity contribution in [3.05, 3.63) is 34.1 Å². The lowest BCUT2D eigenvalue weighted by Gasteiger charge is -2.19. The highest BCUT2D eigenvalue weighted by Crippen LogP contribution is 2.27. The second kappa shape index (κ2) is 5.74. The summed E-state index contributed by atoms with van der Waals surface area (Å²) in [4.78, 5) is 10.0. The number of nitrogens with zero attached hydrogens (tertiary/aromatic N) is 1. The van der Waals surface area contributed by atoms with Crippen LogP contribution in [-0.2, 0) is 9.84 Å². The fourth-order valence-electron chi connectivity index (χ4n) is 1.32. The Morgan fingerprint density at radius 3 is 2.45 bits per heavy atom. The molecular formula is C12H16FNO5S. The lowest BCUT2D eigenvalue weighted by atomic mass is 10.3. The average Bonchev–Trinajstić information content (AvgIpc) is 2.26. The summed E-state index contributed by atoms with van der Waals surface area (Å²) in [7, 11) is -3.40. The van der Waals surface area contributed by atoms with E-state index in [1.54, 1.807) is 20.8 Å². The Morgan fingerprint density at radius 2 is 1.95 bits per heavy atom. The van der Waals surface area contributed by atoms with E-state index in [0.29, 0.717) is 0 Å². The first kappa shape index (κ1) is 16.4. The van der Waals surface area contributed by atoms with Gasteiger partial charge in [0.15, 0.2) is 15.6 Å². The van der Waals surface area contributed by atoms with E-state index in [-0.39, 0.29) is 18.1 Å². The summed E-state index contributed by atoms with van der Waals surface area (Å²) in [5.74, 6) is -1.27. The van der Waals surface area contributed by atoms with Gasteiger partial charge in [0.25, 0.3) is 0 Å². The highest BCUT2D eigenvalue weighted by Gasteiger charge is 2.29. The minimum absolute atomic E-state index is 0.274. The third-order valence-electron chi connectivity index (χ3n) is 2.66. The van der Waals surface area contributed by atoms with Crippen molar-refractivity contribution in [1.82, 2.24) is 0 Å². The van der Waals surface area contributed by atoms with Crippen molar-refractivity contribution in [3.63, 3.8) is 0 Å². The van der Waals surface area contributed by atoms with Gasteiger partial charge in [0.05, 0.1) is 15.4 Å². The SMILES string of the molecule is CC(C)(C)S(=O)(=O)CCOc1cc(F)ccc1[N+](=O)[O-]. The molecule has 8 heteroatoms. The maximum Gasteiger partial charge on any atom is 0.311 e. The predicted octanol–water partition coefficient (Wildman–Crippen LogP) is 2.33. The Hall–Kier alpha value is -1.70. The lowest BCUT2D eigenvalue weighted by Crippen LogP contribution is -2.32. The molecular weight excluding hydrogens is 289 g/mol. The van der Waals surface area contributed by atoms with Crippen molar-refractivity contribution in [2.45, 2.75) is 25.5 Å². The van der Waals surface area contributed by atoms with Crippen molar-refractivity contribution in [1.29, 1.82) is 0 Å². The molecule has 0 fully saturated rings. The second-order valence-corrected chi connectivity index (χ2v) is 8.01. The van der Waals surface area contributed by atoms with Crippen LogP contribution in [0.5, 0.6) is 5.75 Å². The number of hydrogen-bond donors (Lipinski definition) is 0. The third kappa shape index (κ3) is 3.89. The largest absolute Gasteiger partial charge is 0.486 e. The zero-order chi connectivity index (χ0) is 15.6. The topological polar surface area (TPSA) is 86.5 Å². The first-order chi connectivity index (χ1) is 9.04. The van der Waals surface area contributed by atoms with Crippen LogP contribution < -0.4 is 4.74 Å². The molecule has 0 heterocycles. The summed E-state index contributed by atoms with van der Waals surface area (Å²) in [5, 5.41) is 10.7. The number of nitro benzene ring substituents is 1. The summed E-state index contributed by atoms with van der Waals surface area (Å²) in [6.07, 6.45) is 0. The van der Waals surface area contributed by atoms with Crippen LogP contribution in [0.2, 0.25) is 0 Å². The number of nitro groups is 1. The molecule has 0 aliphatic rings. The molecule has 0 aromatic heterocycles. The predicted molar refractivity (Wildman–Crippen MR) is 72.1 cm³/mol. The zero-order valence-corrected chi connectivity index (χ0v) is 12.2. The van der Waals surface area contributed by atoms with Crippen LogP contribution in [0.15, 0.2) is 18.2 Å². The van der Waals surface area contributed by atoms with Gasteiger partial charge in [-0.25, -0.2) is 12.8 Å². The number of rotatable bonds is 5. The molecule has 0 saturated carbocycles. The number of sulfone groups is 1. The molecule has 0 amide bonds. The molecule has 1 aromatic rings. The highest BCUT2D eigenvalue weighted by molar-refractivity contribution is 7.92. The van der Waals surface area contributed by atoms with E-state index >= 15 is 0 Å². The molecule has 0 spiro atoms. The van der Waals surface area contributed by atoms with Crippen molar-refractivity contribution < 1.29 is 22.5 Å². The molecule has 0 radical (unpaired) electrons. The molecule has 0 aliphatic heterocycles. The Balaban J connectivity index is 2.82. The lowest BCUT2D eigenvalue weighted by molar-refractivity contribution is -0.385. The van der Waals surface area contributed by atoms with Crippen LogP contribution >= 0.6 is 0 Å². The maximum atomic E-state index is 13.0. The standard InChI is InChI=1S/C12H16FNO5S/c1-12(2,3)20(17,18)7-6-19-11-8-9(13)4-5-10(11)14(15)16/h4-5,8H,6-7H2,1-3H3. The van der Waals surface area contributed by atoms with E-state index in [1.807, 2.05) is 0 Å². The van der Waals surface area contributed by atoms with Gasteiger partial charge in [0.2, 0.25) is 0 Å². The van der Waals surface area contributed by atoms with Crippen LogP contribution in [0.25, 0.3) is 0 Å². The van der Waals surface area contributed by atoms with Crippen molar-refractivity contribution in [2.24, 2.45) is 0 Å². The van der Waals surface area contributed by atoms with E-state index in [0.717, 1.165) is 18.2 Å². The van der Waals surface area contributed by atoms with Gasteiger partial charge in [-0.1, -0.05) is 0 Å². The first-order valence-corrected chi connectivity index (χ1v) is 7.49. The Bertz CT molecular complexity index is 607. The summed E-state index contributed by atoms with van der Waals surface area (Å²) < 4.78 is 40.8. The van der Waals surface area contributed by atoms with Crippen molar-refractivity contribution in [2.75, 3.05) is 12.4 Å². The molecule has 112 valence electrons. The van der Waals surface area contributed by atoms with E-state index in [2.05, 4.69) is 0 Å². The summed E-state index contributed by atoms with van der Waals surface area (Å²) in [5.41, 5.74) is -0.403. The molecule has 0 unspecified atom stereocenters. The third-order valence-corrected chi connectivity index (χ3v) is 5.23. The van der Waals surface area contributed by atoms with Gasteiger partial charge >= 0.3 is 5.69 Å². The average molecular weight is 305 g/mol. The Morgan fingerprint density at radius 1 is 1.35 bits per heavy atom. The molecule has 1 rings (SSSR count). The Kier molecular flexibility index (Phi) is 4.69. The van der Waals surface area contributed by atoms with Gasteiger partial charge in [0, 0.05) is 12.1 Å². The molecule has 0 saturated heterocycles. The molecule has 6 nitrogen and oxygen atoms in total. The number of halogens is 1. The Labute approximate surface area is 116 Å². The van der Waals surface area contributed by atoms with E-state index in [1.165, 1.54) is 0 Å². The van der Waals surface area contributed by atoms with Gasteiger partial charge in [-0.15, -0.1) is 0 Å². The minimum Gasteiger partial charge on any atom is -0.486 e. The van der Waals surface area contributed by atoms with Gasteiger partial charge in [-0.2, -0.15) is 0 Å². The molecule has 0 atom stereocenters. The smallest absolute Gasteiger partial charge is 0.311 e. The van der Waals surface area contributed by atoms with Gasteiger partial charge < -0.3 is 4.74 Å². The van der Waals surface area contributed by atoms with Crippen LogP contribution in [0, 0.1) is 15.9 Å². The van der Waals surface area contributed by atoms with Crippen molar-refractivity contribution >= 4 is 15.5 Å². The van der Waals surface area contributed by atoms with E-state index in [9.17, 15) is 22.9 Å².